The third kappa shape index (κ3) is 1.82. The zero-order valence-electron chi connectivity index (χ0n) is 9.91. The fraction of sp³-hybridized carbons (Fsp3) is 0.0625. The van der Waals surface area contributed by atoms with Crippen molar-refractivity contribution in [1.29, 1.82) is 0 Å². The van der Waals surface area contributed by atoms with Crippen molar-refractivity contribution in [2.75, 3.05) is 4.90 Å². The maximum absolute atomic E-state index is 11.3. The average Bonchev–Trinajstić information content (AvgIpc) is 2.41. The van der Waals surface area contributed by atoms with Crippen molar-refractivity contribution in [3.63, 3.8) is 0 Å². The molecule has 0 aromatic heterocycles. The fourth-order valence-electron chi connectivity index (χ4n) is 2.27. The normalized spacial score (nSPS) is 15.0. The molecule has 1 heterocycles. The summed E-state index contributed by atoms with van der Waals surface area (Å²) in [5.41, 5.74) is 4.35. The highest BCUT2D eigenvalue weighted by Gasteiger charge is 2.13. The summed E-state index contributed by atoms with van der Waals surface area (Å²) in [6.07, 6.45) is 5.06. The molecule has 0 atom stereocenters. The molecule has 2 heteroatoms. The molecule has 0 unspecified atom stereocenters. The average molecular weight is 235 g/mol. The van der Waals surface area contributed by atoms with Crippen molar-refractivity contribution in [3.05, 3.63) is 65.2 Å². The van der Waals surface area contributed by atoms with Gasteiger partial charge in [-0.2, -0.15) is 0 Å². The molecule has 2 aromatic rings. The van der Waals surface area contributed by atoms with Crippen LogP contribution in [0, 0.1) is 0 Å². The Bertz CT molecular complexity index is 616. The van der Waals surface area contributed by atoms with E-state index in [1.54, 1.807) is 4.90 Å². The smallest absolute Gasteiger partial charge is 0.214 e. The second-order valence-corrected chi connectivity index (χ2v) is 4.32. The maximum Gasteiger partial charge on any atom is 0.214 e. The van der Waals surface area contributed by atoms with Crippen LogP contribution in [0.4, 0.5) is 5.69 Å². The van der Waals surface area contributed by atoms with Crippen LogP contribution < -0.4 is 4.90 Å². The van der Waals surface area contributed by atoms with E-state index >= 15 is 0 Å². The largest absolute Gasteiger partial charge is 0.310 e. The number of amides is 1. The molecular formula is C16H13NO. The molecule has 1 amide bonds. The van der Waals surface area contributed by atoms with Crippen LogP contribution >= 0.6 is 0 Å². The van der Waals surface area contributed by atoms with Gasteiger partial charge in [0.15, 0.2) is 0 Å². The Morgan fingerprint density at radius 1 is 0.889 bits per heavy atom. The van der Waals surface area contributed by atoms with Crippen molar-refractivity contribution in [1.82, 2.24) is 0 Å². The van der Waals surface area contributed by atoms with E-state index in [1.807, 2.05) is 36.4 Å². The molecular weight excluding hydrogens is 222 g/mol. The maximum atomic E-state index is 11.3. The van der Waals surface area contributed by atoms with Gasteiger partial charge in [-0.05, 0) is 22.8 Å². The lowest BCUT2D eigenvalue weighted by atomic mass is 10.0. The first-order valence-corrected chi connectivity index (χ1v) is 5.95. The molecule has 0 spiro atoms. The van der Waals surface area contributed by atoms with Gasteiger partial charge in [0.2, 0.25) is 6.41 Å². The zero-order valence-corrected chi connectivity index (χ0v) is 9.91. The Hall–Kier alpha value is -2.35. The summed E-state index contributed by atoms with van der Waals surface area (Å²) < 4.78 is 0. The number of carbonyl (C=O) groups is 1. The van der Waals surface area contributed by atoms with E-state index in [2.05, 4.69) is 24.3 Å². The van der Waals surface area contributed by atoms with Crippen LogP contribution in [-0.2, 0) is 11.3 Å². The Kier molecular flexibility index (Phi) is 2.69. The minimum atomic E-state index is 0.612. The molecule has 0 saturated carbocycles. The number of benzene rings is 2. The second kappa shape index (κ2) is 4.49. The van der Waals surface area contributed by atoms with Crippen molar-refractivity contribution in [2.45, 2.75) is 6.54 Å². The van der Waals surface area contributed by atoms with Crippen LogP contribution in [0.15, 0.2) is 48.5 Å². The number of hydrogen-bond donors (Lipinski definition) is 0. The molecule has 1 aliphatic rings. The van der Waals surface area contributed by atoms with Gasteiger partial charge in [0, 0.05) is 0 Å². The van der Waals surface area contributed by atoms with Gasteiger partial charge in [-0.1, -0.05) is 54.6 Å². The second-order valence-electron chi connectivity index (χ2n) is 4.32. The summed E-state index contributed by atoms with van der Waals surface area (Å²) in [6.45, 7) is 0.612. The molecule has 18 heavy (non-hydrogen) atoms. The summed E-state index contributed by atoms with van der Waals surface area (Å²) in [4.78, 5) is 13.0. The molecule has 2 nitrogen and oxygen atoms in total. The van der Waals surface area contributed by atoms with Gasteiger partial charge in [0.1, 0.15) is 0 Å². The van der Waals surface area contributed by atoms with Gasteiger partial charge in [0.05, 0.1) is 12.2 Å². The molecule has 0 radical (unpaired) electrons. The quantitative estimate of drug-likeness (QED) is 0.694. The summed E-state index contributed by atoms with van der Waals surface area (Å²) in [7, 11) is 0. The predicted octanol–water partition coefficient (Wildman–Crippen LogP) is 3.33. The zero-order chi connectivity index (χ0) is 12.4. The molecule has 2 aromatic carbocycles. The highest BCUT2D eigenvalue weighted by Crippen LogP contribution is 2.27. The number of carbonyl (C=O) groups excluding carboxylic acids is 1. The lowest BCUT2D eigenvalue weighted by Gasteiger charge is -2.22. The standard InChI is InChI=1S/C16H13NO/c18-12-17-11-15-7-2-1-5-13(15)9-10-14-6-3-4-8-16(14)17/h1-10,12H,11H2/b10-9-. The Labute approximate surface area is 106 Å². The molecule has 3 rings (SSSR count). The minimum absolute atomic E-state index is 0.612. The van der Waals surface area contributed by atoms with Crippen LogP contribution in [-0.4, -0.2) is 6.41 Å². The van der Waals surface area contributed by atoms with Gasteiger partial charge < -0.3 is 4.90 Å². The molecule has 0 saturated heterocycles. The number of nitrogens with zero attached hydrogens (tertiary/aromatic N) is 1. The van der Waals surface area contributed by atoms with Gasteiger partial charge >= 0.3 is 0 Å². The predicted molar refractivity (Wildman–Crippen MR) is 74.1 cm³/mol. The lowest BCUT2D eigenvalue weighted by molar-refractivity contribution is -0.107. The summed E-state index contributed by atoms with van der Waals surface area (Å²) in [5, 5.41) is 0. The SMILES string of the molecule is O=CN1Cc2ccccc2/C=C\c2ccccc21. The fourth-order valence-corrected chi connectivity index (χ4v) is 2.27. The Morgan fingerprint density at radius 2 is 1.56 bits per heavy atom. The van der Waals surface area contributed by atoms with Crippen LogP contribution in [0.25, 0.3) is 12.2 Å². The van der Waals surface area contributed by atoms with Crippen molar-refractivity contribution in [2.24, 2.45) is 0 Å². The number of rotatable bonds is 1. The third-order valence-electron chi connectivity index (χ3n) is 3.21. The van der Waals surface area contributed by atoms with Crippen LogP contribution in [0.2, 0.25) is 0 Å². The molecule has 88 valence electrons. The molecule has 0 fully saturated rings. The van der Waals surface area contributed by atoms with Gasteiger partial charge in [-0.3, -0.25) is 4.79 Å². The molecule has 0 bridgehead atoms. The summed E-state index contributed by atoms with van der Waals surface area (Å²) in [6, 6.07) is 16.1. The highest BCUT2D eigenvalue weighted by atomic mass is 16.1. The molecule has 0 aliphatic carbocycles. The monoisotopic (exact) mass is 235 g/mol. The van der Waals surface area contributed by atoms with Gasteiger partial charge in [-0.25, -0.2) is 0 Å². The lowest BCUT2D eigenvalue weighted by Crippen LogP contribution is -2.22. The van der Waals surface area contributed by atoms with E-state index in [-0.39, 0.29) is 0 Å². The number of fused-ring (bicyclic) bond motifs is 2. The Balaban J connectivity index is 2.18. The van der Waals surface area contributed by atoms with Crippen LogP contribution in [0.5, 0.6) is 0 Å². The number of para-hydroxylation sites is 1. The summed E-state index contributed by atoms with van der Waals surface area (Å²) >= 11 is 0. The van der Waals surface area contributed by atoms with Crippen molar-refractivity contribution in [3.8, 4) is 0 Å². The number of hydrogen-bond acceptors (Lipinski definition) is 1. The molecule has 0 N–H and O–H groups in total. The first-order valence-electron chi connectivity index (χ1n) is 5.95. The van der Waals surface area contributed by atoms with Gasteiger partial charge in [-0.15, -0.1) is 0 Å². The minimum Gasteiger partial charge on any atom is -0.310 e. The van der Waals surface area contributed by atoms with E-state index in [0.29, 0.717) is 6.54 Å². The van der Waals surface area contributed by atoms with E-state index in [1.165, 1.54) is 5.56 Å². The van der Waals surface area contributed by atoms with Crippen LogP contribution in [0.3, 0.4) is 0 Å². The molecule has 1 aliphatic heterocycles. The Morgan fingerprint density at radius 3 is 2.39 bits per heavy atom. The van der Waals surface area contributed by atoms with E-state index in [9.17, 15) is 4.79 Å². The van der Waals surface area contributed by atoms with Crippen molar-refractivity contribution >= 4 is 24.2 Å². The first-order chi connectivity index (χ1) is 8.88. The van der Waals surface area contributed by atoms with Gasteiger partial charge in [0.25, 0.3) is 0 Å². The first kappa shape index (κ1) is 10.8. The number of anilines is 1. The van der Waals surface area contributed by atoms with E-state index in [0.717, 1.165) is 23.2 Å². The van der Waals surface area contributed by atoms with Crippen molar-refractivity contribution < 1.29 is 4.79 Å². The van der Waals surface area contributed by atoms with E-state index < -0.39 is 0 Å². The van der Waals surface area contributed by atoms with Crippen LogP contribution in [0.1, 0.15) is 16.7 Å². The highest BCUT2D eigenvalue weighted by molar-refractivity contribution is 5.86. The third-order valence-corrected chi connectivity index (χ3v) is 3.21. The summed E-state index contributed by atoms with van der Waals surface area (Å²) in [5.74, 6) is 0. The topological polar surface area (TPSA) is 20.3 Å². The van der Waals surface area contributed by atoms with E-state index in [4.69, 9.17) is 0 Å².